The number of ether oxygens (including phenoxy) is 1. The summed E-state index contributed by atoms with van der Waals surface area (Å²) in [5.74, 6) is -0.788. The molecule has 3 nitrogen and oxygen atoms in total. The molecule has 0 aliphatic rings. The molecule has 0 aliphatic carbocycles. The molecule has 0 spiro atoms. The van der Waals surface area contributed by atoms with Gasteiger partial charge in [-0.2, -0.15) is 0 Å². The normalized spacial score (nSPS) is 12.0. The van der Waals surface area contributed by atoms with Crippen molar-refractivity contribution in [1.82, 2.24) is 0 Å². The molecule has 0 aliphatic heterocycles. The first-order valence-electron chi connectivity index (χ1n) is 7.38. The van der Waals surface area contributed by atoms with Gasteiger partial charge in [-0.05, 0) is 48.7 Å². The van der Waals surface area contributed by atoms with E-state index in [-0.39, 0.29) is 18.3 Å². The molecule has 0 amide bonds. The van der Waals surface area contributed by atoms with E-state index in [4.69, 9.17) is 9.84 Å². The zero-order valence-corrected chi connectivity index (χ0v) is 14.3. The van der Waals surface area contributed by atoms with E-state index in [2.05, 4.69) is 15.9 Å². The fourth-order valence-electron chi connectivity index (χ4n) is 2.23. The summed E-state index contributed by atoms with van der Waals surface area (Å²) in [6, 6.07) is 11.8. The number of benzene rings is 2. The van der Waals surface area contributed by atoms with E-state index in [1.54, 1.807) is 18.2 Å². The smallest absolute Gasteiger partial charge is 0.306 e. The fraction of sp³-hybridized carbons (Fsp3) is 0.278. The van der Waals surface area contributed by atoms with Crippen LogP contribution in [0.15, 0.2) is 46.9 Å². The van der Waals surface area contributed by atoms with Crippen molar-refractivity contribution in [3.05, 3.63) is 63.9 Å². The molecular formula is C18H18BrFO3. The lowest BCUT2D eigenvalue weighted by atomic mass is 9.97. The molecule has 5 heteroatoms. The summed E-state index contributed by atoms with van der Waals surface area (Å²) < 4.78 is 19.7. The molecule has 2 aromatic carbocycles. The Morgan fingerprint density at radius 1 is 1.26 bits per heavy atom. The highest BCUT2D eigenvalue weighted by atomic mass is 79.9. The monoisotopic (exact) mass is 380 g/mol. The van der Waals surface area contributed by atoms with Crippen molar-refractivity contribution in [1.29, 1.82) is 0 Å². The van der Waals surface area contributed by atoms with E-state index in [0.717, 1.165) is 15.6 Å². The molecule has 2 aromatic rings. The van der Waals surface area contributed by atoms with Gasteiger partial charge in [-0.1, -0.05) is 35.0 Å². The largest absolute Gasteiger partial charge is 0.489 e. The highest BCUT2D eigenvalue weighted by molar-refractivity contribution is 9.10. The SMILES string of the molecule is CCC(Cc1ccc(OCc2cc(F)ccc2Br)cc1)C(=O)O. The van der Waals surface area contributed by atoms with E-state index >= 15 is 0 Å². The topological polar surface area (TPSA) is 46.5 Å². The molecule has 23 heavy (non-hydrogen) atoms. The first-order chi connectivity index (χ1) is 11.0. The van der Waals surface area contributed by atoms with E-state index in [1.165, 1.54) is 12.1 Å². The van der Waals surface area contributed by atoms with Gasteiger partial charge in [0.2, 0.25) is 0 Å². The van der Waals surface area contributed by atoms with Crippen molar-refractivity contribution in [2.24, 2.45) is 5.92 Å². The van der Waals surface area contributed by atoms with Crippen LogP contribution in [0.3, 0.4) is 0 Å². The molecule has 0 aromatic heterocycles. The van der Waals surface area contributed by atoms with Crippen molar-refractivity contribution in [3.63, 3.8) is 0 Å². The van der Waals surface area contributed by atoms with Gasteiger partial charge in [-0.3, -0.25) is 4.79 Å². The highest BCUT2D eigenvalue weighted by Gasteiger charge is 2.15. The Morgan fingerprint density at radius 3 is 2.57 bits per heavy atom. The third-order valence-electron chi connectivity index (χ3n) is 3.65. The van der Waals surface area contributed by atoms with E-state index in [0.29, 0.717) is 18.6 Å². The molecule has 0 heterocycles. The summed E-state index contributed by atoms with van der Waals surface area (Å²) >= 11 is 3.36. The average Bonchev–Trinajstić information content (AvgIpc) is 2.54. The molecule has 0 radical (unpaired) electrons. The maximum absolute atomic E-state index is 13.2. The average molecular weight is 381 g/mol. The standard InChI is InChI=1S/C18H18BrFO3/c1-2-13(18(21)22)9-12-3-6-16(7-4-12)23-11-14-10-15(20)5-8-17(14)19/h3-8,10,13H,2,9,11H2,1H3,(H,21,22). The molecule has 0 saturated heterocycles. The number of halogens is 2. The molecular weight excluding hydrogens is 363 g/mol. The quantitative estimate of drug-likeness (QED) is 0.748. The first-order valence-corrected chi connectivity index (χ1v) is 8.17. The van der Waals surface area contributed by atoms with Gasteiger partial charge in [-0.25, -0.2) is 4.39 Å². The Kier molecular flexibility index (Phi) is 6.16. The van der Waals surface area contributed by atoms with Crippen LogP contribution in [0.2, 0.25) is 0 Å². The van der Waals surface area contributed by atoms with Gasteiger partial charge in [0, 0.05) is 10.0 Å². The van der Waals surface area contributed by atoms with Crippen LogP contribution in [0.4, 0.5) is 4.39 Å². The Bertz CT molecular complexity index is 670. The maximum atomic E-state index is 13.2. The van der Waals surface area contributed by atoms with Gasteiger partial charge in [0.25, 0.3) is 0 Å². The Hall–Kier alpha value is -1.88. The lowest BCUT2D eigenvalue weighted by molar-refractivity contribution is -0.141. The predicted octanol–water partition coefficient (Wildman–Crippen LogP) is 4.82. The number of hydrogen-bond acceptors (Lipinski definition) is 2. The van der Waals surface area contributed by atoms with E-state index in [1.807, 2.05) is 19.1 Å². The molecule has 0 bridgehead atoms. The second-order valence-electron chi connectivity index (χ2n) is 5.32. The fourth-order valence-corrected chi connectivity index (χ4v) is 2.59. The summed E-state index contributed by atoms with van der Waals surface area (Å²) in [5, 5.41) is 9.09. The molecule has 122 valence electrons. The molecule has 2 rings (SSSR count). The van der Waals surface area contributed by atoms with Crippen molar-refractivity contribution in [3.8, 4) is 5.75 Å². The Morgan fingerprint density at radius 2 is 1.96 bits per heavy atom. The lowest BCUT2D eigenvalue weighted by Crippen LogP contribution is -2.15. The van der Waals surface area contributed by atoms with Crippen LogP contribution in [-0.2, 0) is 17.8 Å². The lowest BCUT2D eigenvalue weighted by Gasteiger charge is -2.11. The predicted molar refractivity (Wildman–Crippen MR) is 90.0 cm³/mol. The van der Waals surface area contributed by atoms with Crippen LogP contribution in [0.5, 0.6) is 5.75 Å². The number of aliphatic carboxylic acids is 1. The Balaban J connectivity index is 1.97. The van der Waals surface area contributed by atoms with Crippen molar-refractivity contribution < 1.29 is 19.0 Å². The van der Waals surface area contributed by atoms with Crippen LogP contribution in [0.25, 0.3) is 0 Å². The second kappa shape index (κ2) is 8.11. The third kappa shape index (κ3) is 5.06. The third-order valence-corrected chi connectivity index (χ3v) is 4.42. The molecule has 0 fully saturated rings. The minimum Gasteiger partial charge on any atom is -0.489 e. The molecule has 1 N–H and O–H groups in total. The molecule has 1 unspecified atom stereocenters. The first kappa shape index (κ1) is 17.5. The van der Waals surface area contributed by atoms with Crippen molar-refractivity contribution in [2.75, 3.05) is 0 Å². The zero-order chi connectivity index (χ0) is 16.8. The van der Waals surface area contributed by atoms with Crippen LogP contribution >= 0.6 is 15.9 Å². The van der Waals surface area contributed by atoms with E-state index < -0.39 is 5.97 Å². The summed E-state index contributed by atoms with van der Waals surface area (Å²) in [4.78, 5) is 11.1. The summed E-state index contributed by atoms with van der Waals surface area (Å²) in [6.07, 6.45) is 1.10. The van der Waals surface area contributed by atoms with Crippen LogP contribution in [0.1, 0.15) is 24.5 Å². The molecule has 0 saturated carbocycles. The minimum absolute atomic E-state index is 0.254. The van der Waals surface area contributed by atoms with Gasteiger partial charge in [0.05, 0.1) is 5.92 Å². The van der Waals surface area contributed by atoms with E-state index in [9.17, 15) is 9.18 Å². The highest BCUT2D eigenvalue weighted by Crippen LogP contribution is 2.21. The molecule has 1 atom stereocenters. The minimum atomic E-state index is -0.774. The summed E-state index contributed by atoms with van der Waals surface area (Å²) in [6.45, 7) is 2.12. The van der Waals surface area contributed by atoms with Gasteiger partial charge in [0.1, 0.15) is 18.2 Å². The van der Waals surface area contributed by atoms with Gasteiger partial charge >= 0.3 is 5.97 Å². The van der Waals surface area contributed by atoms with Gasteiger partial charge in [-0.15, -0.1) is 0 Å². The number of hydrogen-bond donors (Lipinski definition) is 1. The van der Waals surface area contributed by atoms with Crippen molar-refractivity contribution in [2.45, 2.75) is 26.4 Å². The van der Waals surface area contributed by atoms with Gasteiger partial charge < -0.3 is 9.84 Å². The zero-order valence-electron chi connectivity index (χ0n) is 12.8. The number of carboxylic acids is 1. The summed E-state index contributed by atoms with van der Waals surface area (Å²) in [5.41, 5.74) is 1.68. The second-order valence-corrected chi connectivity index (χ2v) is 6.17. The maximum Gasteiger partial charge on any atom is 0.306 e. The Labute approximate surface area is 143 Å². The van der Waals surface area contributed by atoms with Crippen LogP contribution < -0.4 is 4.74 Å². The van der Waals surface area contributed by atoms with Crippen molar-refractivity contribution >= 4 is 21.9 Å². The van der Waals surface area contributed by atoms with Crippen LogP contribution in [-0.4, -0.2) is 11.1 Å². The summed E-state index contributed by atoms with van der Waals surface area (Å²) in [7, 11) is 0. The number of carboxylic acid groups (broad SMARTS) is 1. The number of rotatable bonds is 7. The van der Waals surface area contributed by atoms with Crippen LogP contribution in [0, 0.1) is 11.7 Å². The number of carbonyl (C=O) groups is 1. The van der Waals surface area contributed by atoms with Gasteiger partial charge in [0.15, 0.2) is 0 Å².